The lowest BCUT2D eigenvalue weighted by molar-refractivity contribution is -0.127. The second kappa shape index (κ2) is 9.16. The van der Waals surface area contributed by atoms with Crippen molar-refractivity contribution in [2.45, 2.75) is 58.0 Å². The molecule has 3 N–H and O–H groups in total. The van der Waals surface area contributed by atoms with Crippen molar-refractivity contribution in [3.05, 3.63) is 35.9 Å². The highest BCUT2D eigenvalue weighted by atomic mass is 35.5. The van der Waals surface area contributed by atoms with Crippen LogP contribution in [-0.4, -0.2) is 18.0 Å². The normalized spacial score (nSPS) is 22.7. The van der Waals surface area contributed by atoms with E-state index in [2.05, 4.69) is 31.3 Å². The first-order valence-corrected chi connectivity index (χ1v) is 8.16. The van der Waals surface area contributed by atoms with E-state index in [1.807, 2.05) is 18.2 Å². The van der Waals surface area contributed by atoms with Crippen LogP contribution in [0.4, 0.5) is 0 Å². The van der Waals surface area contributed by atoms with Gasteiger partial charge in [0.25, 0.3) is 0 Å². The Kier molecular flexibility index (Phi) is 7.91. The molecule has 1 aliphatic carbocycles. The number of nitrogens with two attached hydrogens (primary N) is 1. The van der Waals surface area contributed by atoms with Gasteiger partial charge in [0.15, 0.2) is 0 Å². The molecule has 4 heteroatoms. The minimum absolute atomic E-state index is 0. The molecule has 1 aliphatic rings. The van der Waals surface area contributed by atoms with Crippen molar-refractivity contribution in [3.63, 3.8) is 0 Å². The summed E-state index contributed by atoms with van der Waals surface area (Å²) in [6.45, 7) is 4.26. The Morgan fingerprint density at radius 2 is 1.77 bits per heavy atom. The fourth-order valence-electron chi connectivity index (χ4n) is 3.07. The summed E-state index contributed by atoms with van der Waals surface area (Å²) in [7, 11) is 0. The standard InChI is InChI=1S/C18H28N2O.ClH/c1-13(2)17(12-14-6-4-3-5-7-14)18(21)20-16-10-8-15(19)9-11-16;/h3-7,13,15-17H,8-12,19H2,1-2H3,(H,20,21);1H. The molecule has 2 rings (SSSR count). The van der Waals surface area contributed by atoms with Crippen molar-refractivity contribution >= 4 is 18.3 Å². The average molecular weight is 325 g/mol. The van der Waals surface area contributed by atoms with Crippen LogP contribution in [0.1, 0.15) is 45.1 Å². The number of carbonyl (C=O) groups excluding carboxylic acids is 1. The van der Waals surface area contributed by atoms with Crippen LogP contribution >= 0.6 is 12.4 Å². The smallest absolute Gasteiger partial charge is 0.223 e. The van der Waals surface area contributed by atoms with E-state index in [0.717, 1.165) is 32.1 Å². The highest BCUT2D eigenvalue weighted by Crippen LogP contribution is 2.21. The zero-order valence-corrected chi connectivity index (χ0v) is 14.4. The van der Waals surface area contributed by atoms with Crippen molar-refractivity contribution in [3.8, 4) is 0 Å². The lowest BCUT2D eigenvalue weighted by Gasteiger charge is -2.29. The minimum atomic E-state index is 0. The zero-order chi connectivity index (χ0) is 15.2. The third-order valence-corrected chi connectivity index (χ3v) is 4.56. The Morgan fingerprint density at radius 1 is 1.18 bits per heavy atom. The van der Waals surface area contributed by atoms with Crippen LogP contribution in [0.2, 0.25) is 0 Å². The van der Waals surface area contributed by atoms with Gasteiger partial charge in [-0.1, -0.05) is 44.2 Å². The molecule has 0 spiro atoms. The van der Waals surface area contributed by atoms with Crippen molar-refractivity contribution in [1.29, 1.82) is 0 Å². The van der Waals surface area contributed by atoms with Gasteiger partial charge in [-0.3, -0.25) is 4.79 Å². The predicted molar refractivity (Wildman–Crippen MR) is 94.1 cm³/mol. The zero-order valence-electron chi connectivity index (χ0n) is 13.6. The molecule has 1 aromatic rings. The van der Waals surface area contributed by atoms with Crippen LogP contribution in [-0.2, 0) is 11.2 Å². The summed E-state index contributed by atoms with van der Waals surface area (Å²) in [4.78, 5) is 12.6. The molecule has 1 unspecified atom stereocenters. The van der Waals surface area contributed by atoms with E-state index in [-0.39, 0.29) is 24.2 Å². The molecule has 1 fully saturated rings. The summed E-state index contributed by atoms with van der Waals surface area (Å²) < 4.78 is 0. The molecule has 0 aromatic heterocycles. The van der Waals surface area contributed by atoms with Gasteiger partial charge < -0.3 is 11.1 Å². The van der Waals surface area contributed by atoms with Crippen molar-refractivity contribution in [1.82, 2.24) is 5.32 Å². The average Bonchev–Trinajstić information content (AvgIpc) is 2.48. The Balaban J connectivity index is 0.00000242. The maximum absolute atomic E-state index is 12.6. The second-order valence-electron chi connectivity index (χ2n) is 6.66. The molecule has 1 aromatic carbocycles. The number of nitrogens with one attached hydrogen (secondary N) is 1. The van der Waals surface area contributed by atoms with Gasteiger partial charge >= 0.3 is 0 Å². The molecular weight excluding hydrogens is 296 g/mol. The minimum Gasteiger partial charge on any atom is -0.353 e. The number of rotatable bonds is 5. The molecule has 1 amide bonds. The molecule has 124 valence electrons. The van der Waals surface area contributed by atoms with Gasteiger partial charge in [0, 0.05) is 18.0 Å². The summed E-state index contributed by atoms with van der Waals surface area (Å²) in [6, 6.07) is 10.9. The SMILES string of the molecule is CC(C)C(Cc1ccccc1)C(=O)NC1CCC(N)CC1.Cl. The maximum atomic E-state index is 12.6. The number of halogens is 1. The first-order valence-electron chi connectivity index (χ1n) is 8.16. The van der Waals surface area contributed by atoms with E-state index in [4.69, 9.17) is 5.73 Å². The summed E-state index contributed by atoms with van der Waals surface area (Å²) in [5.74, 6) is 0.591. The molecule has 1 atom stereocenters. The number of hydrogen-bond donors (Lipinski definition) is 2. The molecule has 0 aliphatic heterocycles. The molecule has 22 heavy (non-hydrogen) atoms. The Labute approximate surface area is 140 Å². The second-order valence-corrected chi connectivity index (χ2v) is 6.66. The van der Waals surface area contributed by atoms with Crippen molar-refractivity contribution < 1.29 is 4.79 Å². The molecule has 0 saturated heterocycles. The van der Waals surface area contributed by atoms with E-state index in [9.17, 15) is 4.79 Å². The fourth-order valence-corrected chi connectivity index (χ4v) is 3.07. The van der Waals surface area contributed by atoms with E-state index in [0.29, 0.717) is 18.0 Å². The Bertz CT molecular complexity index is 442. The summed E-state index contributed by atoms with van der Waals surface area (Å²) in [6.07, 6.45) is 4.90. The number of amides is 1. The third kappa shape index (κ3) is 5.62. The van der Waals surface area contributed by atoms with Crippen molar-refractivity contribution in [2.75, 3.05) is 0 Å². The van der Waals surface area contributed by atoms with Crippen LogP contribution in [0.3, 0.4) is 0 Å². The molecular formula is C18H29ClN2O. The maximum Gasteiger partial charge on any atom is 0.223 e. The first kappa shape index (κ1) is 19.0. The Hall–Kier alpha value is -1.06. The number of carbonyl (C=O) groups is 1. The molecule has 0 heterocycles. The van der Waals surface area contributed by atoms with Crippen LogP contribution < -0.4 is 11.1 Å². The van der Waals surface area contributed by atoms with Gasteiger partial charge in [-0.05, 0) is 43.6 Å². The monoisotopic (exact) mass is 324 g/mol. The lowest BCUT2D eigenvalue weighted by Crippen LogP contribution is -2.44. The summed E-state index contributed by atoms with van der Waals surface area (Å²) >= 11 is 0. The van der Waals surface area contributed by atoms with E-state index < -0.39 is 0 Å². The molecule has 0 bridgehead atoms. The quantitative estimate of drug-likeness (QED) is 0.873. The number of hydrogen-bond acceptors (Lipinski definition) is 2. The summed E-state index contributed by atoms with van der Waals surface area (Å²) in [5, 5.41) is 3.25. The largest absolute Gasteiger partial charge is 0.353 e. The van der Waals surface area contributed by atoms with Gasteiger partial charge in [0.2, 0.25) is 5.91 Å². The van der Waals surface area contributed by atoms with Crippen LogP contribution in [0.25, 0.3) is 0 Å². The third-order valence-electron chi connectivity index (χ3n) is 4.56. The topological polar surface area (TPSA) is 55.1 Å². The highest BCUT2D eigenvalue weighted by molar-refractivity contribution is 5.85. The van der Waals surface area contributed by atoms with Crippen LogP contribution in [0.15, 0.2) is 30.3 Å². The van der Waals surface area contributed by atoms with E-state index in [1.165, 1.54) is 5.56 Å². The predicted octanol–water partition coefficient (Wildman–Crippen LogP) is 3.31. The molecule has 3 nitrogen and oxygen atoms in total. The lowest BCUT2D eigenvalue weighted by atomic mass is 9.87. The van der Waals surface area contributed by atoms with E-state index >= 15 is 0 Å². The van der Waals surface area contributed by atoms with Gasteiger partial charge in [0.05, 0.1) is 0 Å². The Morgan fingerprint density at radius 3 is 2.32 bits per heavy atom. The fraction of sp³-hybridized carbons (Fsp3) is 0.611. The van der Waals surface area contributed by atoms with Gasteiger partial charge in [-0.2, -0.15) is 0 Å². The van der Waals surface area contributed by atoms with Crippen molar-refractivity contribution in [2.24, 2.45) is 17.6 Å². The molecule has 1 saturated carbocycles. The van der Waals surface area contributed by atoms with Gasteiger partial charge in [-0.25, -0.2) is 0 Å². The summed E-state index contributed by atoms with van der Waals surface area (Å²) in [5.41, 5.74) is 7.16. The van der Waals surface area contributed by atoms with Gasteiger partial charge in [-0.15, -0.1) is 12.4 Å². The number of benzene rings is 1. The molecule has 0 radical (unpaired) electrons. The van der Waals surface area contributed by atoms with Gasteiger partial charge in [0.1, 0.15) is 0 Å². The van der Waals surface area contributed by atoms with E-state index in [1.54, 1.807) is 0 Å². The van der Waals surface area contributed by atoms with Crippen LogP contribution in [0.5, 0.6) is 0 Å². The van der Waals surface area contributed by atoms with Crippen LogP contribution in [0, 0.1) is 11.8 Å². The first-order chi connectivity index (χ1) is 10.1. The highest BCUT2D eigenvalue weighted by Gasteiger charge is 2.26.